The quantitative estimate of drug-likeness (QED) is 0.808. The summed E-state index contributed by atoms with van der Waals surface area (Å²) >= 11 is 0. The summed E-state index contributed by atoms with van der Waals surface area (Å²) in [4.78, 5) is 22.7. The molecule has 0 heterocycles. The van der Waals surface area contributed by atoms with Crippen LogP contribution >= 0.6 is 0 Å². The summed E-state index contributed by atoms with van der Waals surface area (Å²) in [6.45, 7) is 0. The van der Waals surface area contributed by atoms with Crippen LogP contribution in [0.3, 0.4) is 0 Å². The molecule has 23 heavy (non-hydrogen) atoms. The summed E-state index contributed by atoms with van der Waals surface area (Å²) in [6, 6.07) is 9.34. The van der Waals surface area contributed by atoms with Crippen LogP contribution in [-0.4, -0.2) is 11.9 Å². The Morgan fingerprint density at radius 3 is 2.00 bits per heavy atom. The maximum Gasteiger partial charge on any atom is 0.416 e. The Hall–Kier alpha value is -3.03. The van der Waals surface area contributed by atoms with Gasteiger partial charge in [0.25, 0.3) is 5.91 Å². The summed E-state index contributed by atoms with van der Waals surface area (Å²) in [5.41, 5.74) is 4.74. The zero-order valence-corrected chi connectivity index (χ0v) is 11.6. The Bertz CT molecular complexity index is 727. The van der Waals surface area contributed by atoms with Crippen molar-refractivity contribution in [2.75, 3.05) is 10.6 Å². The molecular formula is C15H12F3N3O2. The number of hydrogen-bond donors (Lipinski definition) is 3. The third-order valence-electron chi connectivity index (χ3n) is 2.86. The van der Waals surface area contributed by atoms with Crippen molar-refractivity contribution in [3.8, 4) is 0 Å². The van der Waals surface area contributed by atoms with Crippen LogP contribution in [-0.2, 0) is 6.18 Å². The van der Waals surface area contributed by atoms with Crippen LogP contribution in [0.1, 0.15) is 15.9 Å². The summed E-state index contributed by atoms with van der Waals surface area (Å²) in [7, 11) is 0. The first-order valence-corrected chi connectivity index (χ1v) is 6.41. The number of alkyl halides is 3. The van der Waals surface area contributed by atoms with Crippen molar-refractivity contribution in [2.45, 2.75) is 6.18 Å². The minimum atomic E-state index is -4.52. The van der Waals surface area contributed by atoms with Gasteiger partial charge in [-0.25, -0.2) is 4.79 Å². The van der Waals surface area contributed by atoms with Crippen LogP contribution < -0.4 is 16.4 Å². The highest BCUT2D eigenvalue weighted by molar-refractivity contribution is 6.04. The molecule has 0 aliphatic rings. The highest BCUT2D eigenvalue weighted by Gasteiger charge is 2.30. The largest absolute Gasteiger partial charge is 0.416 e. The highest BCUT2D eigenvalue weighted by atomic mass is 19.4. The van der Waals surface area contributed by atoms with Crippen molar-refractivity contribution in [3.63, 3.8) is 0 Å². The van der Waals surface area contributed by atoms with Gasteiger partial charge < -0.3 is 16.4 Å². The number of hydrogen-bond acceptors (Lipinski definition) is 2. The molecule has 2 rings (SSSR count). The van der Waals surface area contributed by atoms with Crippen LogP contribution in [0.25, 0.3) is 0 Å². The molecule has 0 saturated carbocycles. The second-order valence-corrected chi connectivity index (χ2v) is 4.60. The number of urea groups is 1. The van der Waals surface area contributed by atoms with E-state index in [2.05, 4.69) is 10.6 Å². The van der Waals surface area contributed by atoms with E-state index in [0.29, 0.717) is 11.4 Å². The molecule has 0 aliphatic carbocycles. The zero-order chi connectivity index (χ0) is 17.0. The maximum absolute atomic E-state index is 12.6. The van der Waals surface area contributed by atoms with Gasteiger partial charge in [-0.3, -0.25) is 4.79 Å². The van der Waals surface area contributed by atoms with Crippen LogP contribution in [0.5, 0.6) is 0 Å². The zero-order valence-electron chi connectivity index (χ0n) is 11.6. The molecule has 0 aromatic heterocycles. The molecule has 0 unspecified atom stereocenters. The lowest BCUT2D eigenvalue weighted by molar-refractivity contribution is -0.137. The monoisotopic (exact) mass is 323 g/mol. The number of nitrogens with one attached hydrogen (secondary N) is 2. The van der Waals surface area contributed by atoms with Gasteiger partial charge in [-0.2, -0.15) is 13.2 Å². The van der Waals surface area contributed by atoms with E-state index in [1.165, 1.54) is 30.3 Å². The van der Waals surface area contributed by atoms with Crippen molar-refractivity contribution in [2.24, 2.45) is 5.73 Å². The molecule has 120 valence electrons. The number of amides is 3. The summed E-state index contributed by atoms with van der Waals surface area (Å²) in [6.07, 6.45) is -4.52. The van der Waals surface area contributed by atoms with E-state index >= 15 is 0 Å². The third kappa shape index (κ3) is 4.47. The fourth-order valence-electron chi connectivity index (χ4n) is 1.82. The van der Waals surface area contributed by atoms with E-state index in [0.717, 1.165) is 18.2 Å². The molecule has 0 bridgehead atoms. The van der Waals surface area contributed by atoms with E-state index in [4.69, 9.17) is 5.73 Å². The highest BCUT2D eigenvalue weighted by Crippen LogP contribution is 2.29. The smallest absolute Gasteiger partial charge is 0.351 e. The number of halogens is 3. The van der Waals surface area contributed by atoms with Gasteiger partial charge in [-0.1, -0.05) is 6.07 Å². The Kier molecular flexibility index (Phi) is 4.54. The second-order valence-electron chi connectivity index (χ2n) is 4.60. The third-order valence-corrected chi connectivity index (χ3v) is 2.86. The standard InChI is InChI=1S/C15H12F3N3O2/c16-15(17,18)10-3-1-2-9(8-10)13(22)20-11-4-6-12(7-5-11)21-14(19)23/h1-8H,(H,20,22)(H3,19,21,23). The molecule has 3 amide bonds. The number of anilines is 2. The minimum Gasteiger partial charge on any atom is -0.351 e. The Morgan fingerprint density at radius 1 is 0.913 bits per heavy atom. The van der Waals surface area contributed by atoms with Crippen LogP contribution in [0.4, 0.5) is 29.3 Å². The average molecular weight is 323 g/mol. The molecule has 2 aromatic carbocycles. The fourth-order valence-corrected chi connectivity index (χ4v) is 1.82. The number of nitrogens with two attached hydrogens (primary N) is 1. The first kappa shape index (κ1) is 16.3. The van der Waals surface area contributed by atoms with Crippen LogP contribution in [0.15, 0.2) is 48.5 Å². The molecule has 0 spiro atoms. The van der Waals surface area contributed by atoms with E-state index in [-0.39, 0.29) is 5.56 Å². The van der Waals surface area contributed by atoms with Gasteiger partial charge in [0.2, 0.25) is 0 Å². The van der Waals surface area contributed by atoms with Gasteiger partial charge in [-0.05, 0) is 42.5 Å². The van der Waals surface area contributed by atoms with Gasteiger partial charge in [-0.15, -0.1) is 0 Å². The van der Waals surface area contributed by atoms with Crippen LogP contribution in [0.2, 0.25) is 0 Å². The summed E-state index contributed by atoms with van der Waals surface area (Å²) in [5, 5.41) is 4.81. The SMILES string of the molecule is NC(=O)Nc1ccc(NC(=O)c2cccc(C(F)(F)F)c2)cc1. The van der Waals surface area contributed by atoms with Crippen molar-refractivity contribution in [1.82, 2.24) is 0 Å². The fraction of sp³-hybridized carbons (Fsp3) is 0.0667. The van der Waals surface area contributed by atoms with Gasteiger partial charge in [0.05, 0.1) is 5.56 Å². The molecular weight excluding hydrogens is 311 g/mol. The van der Waals surface area contributed by atoms with E-state index < -0.39 is 23.7 Å². The van der Waals surface area contributed by atoms with Crippen molar-refractivity contribution in [1.29, 1.82) is 0 Å². The lowest BCUT2D eigenvalue weighted by Gasteiger charge is -2.10. The van der Waals surface area contributed by atoms with Gasteiger partial charge in [0.1, 0.15) is 0 Å². The van der Waals surface area contributed by atoms with Gasteiger partial charge in [0, 0.05) is 16.9 Å². The van der Waals surface area contributed by atoms with Crippen molar-refractivity contribution in [3.05, 3.63) is 59.7 Å². The Labute approximate surface area is 129 Å². The van der Waals surface area contributed by atoms with E-state index in [9.17, 15) is 22.8 Å². The predicted molar refractivity (Wildman–Crippen MR) is 79.0 cm³/mol. The first-order chi connectivity index (χ1) is 10.8. The van der Waals surface area contributed by atoms with Crippen LogP contribution in [0, 0.1) is 0 Å². The van der Waals surface area contributed by atoms with Gasteiger partial charge >= 0.3 is 12.2 Å². The normalized spacial score (nSPS) is 10.9. The first-order valence-electron chi connectivity index (χ1n) is 6.41. The summed E-state index contributed by atoms with van der Waals surface area (Å²) < 4.78 is 37.9. The number of carbonyl (C=O) groups is 2. The molecule has 0 radical (unpaired) electrons. The molecule has 5 nitrogen and oxygen atoms in total. The average Bonchev–Trinajstić information content (AvgIpc) is 2.48. The van der Waals surface area contributed by atoms with E-state index in [1.54, 1.807) is 0 Å². The maximum atomic E-state index is 12.6. The lowest BCUT2D eigenvalue weighted by Crippen LogP contribution is -2.19. The Morgan fingerprint density at radius 2 is 1.48 bits per heavy atom. The van der Waals surface area contributed by atoms with E-state index in [1.807, 2.05) is 0 Å². The molecule has 0 aliphatic heterocycles. The Balaban J connectivity index is 2.11. The molecule has 4 N–H and O–H groups in total. The van der Waals surface area contributed by atoms with Crippen molar-refractivity contribution >= 4 is 23.3 Å². The lowest BCUT2D eigenvalue weighted by atomic mass is 10.1. The van der Waals surface area contributed by atoms with Gasteiger partial charge in [0.15, 0.2) is 0 Å². The predicted octanol–water partition coefficient (Wildman–Crippen LogP) is 3.45. The molecule has 0 saturated heterocycles. The topological polar surface area (TPSA) is 84.2 Å². The number of carbonyl (C=O) groups excluding carboxylic acids is 2. The number of rotatable bonds is 3. The number of benzene rings is 2. The molecule has 2 aromatic rings. The molecule has 0 fully saturated rings. The minimum absolute atomic E-state index is 0.112. The van der Waals surface area contributed by atoms with Crippen molar-refractivity contribution < 1.29 is 22.8 Å². The molecule has 0 atom stereocenters. The second kappa shape index (κ2) is 6.39. The molecule has 8 heteroatoms. The summed E-state index contributed by atoms with van der Waals surface area (Å²) in [5.74, 6) is -0.674. The number of primary amides is 1.